The molecule has 300 valence electrons. The number of amidine groups is 1. The number of benzene rings is 9. The van der Waals surface area contributed by atoms with E-state index in [0.29, 0.717) is 0 Å². The fraction of sp³-hybridized carbons (Fsp3) is 0.0339. The minimum atomic E-state index is -0.650. The normalized spacial score (nSPS) is 17.1. The number of nitrogens with one attached hydrogen (secondary N) is 1. The molecule has 0 saturated heterocycles. The molecule has 11 aromatic rings. The quantitative estimate of drug-likeness (QED) is 0.192. The molecule has 5 heteroatoms. The van der Waals surface area contributed by atoms with E-state index in [1.54, 1.807) is 0 Å². The summed E-state index contributed by atoms with van der Waals surface area (Å²) in [6.45, 7) is 0. The molecule has 64 heavy (non-hydrogen) atoms. The zero-order valence-corrected chi connectivity index (χ0v) is 34.6. The summed E-state index contributed by atoms with van der Waals surface area (Å²) in [4.78, 5) is 5.20. The fourth-order valence-electron chi connectivity index (χ4n) is 11.2. The van der Waals surface area contributed by atoms with Gasteiger partial charge in [-0.25, -0.2) is 4.99 Å². The SMILES string of the molecule is C1=C(c2ccc(-n3c4ccccc4c4c5c(ccc43)C3(c4ccccc4O5)c4ccccc4-n4c5ccccc5c5cccc3c54)cc2)N=C(c2ccccc2)NC1c1ccccc1. The van der Waals surface area contributed by atoms with Crippen LogP contribution in [-0.2, 0) is 5.41 Å². The van der Waals surface area contributed by atoms with Gasteiger partial charge in [-0.3, -0.25) is 0 Å². The lowest BCUT2D eigenvalue weighted by Crippen LogP contribution is -2.37. The van der Waals surface area contributed by atoms with Crippen molar-refractivity contribution in [3.8, 4) is 22.9 Å². The molecule has 1 N–H and O–H groups in total. The van der Waals surface area contributed by atoms with E-state index in [9.17, 15) is 0 Å². The van der Waals surface area contributed by atoms with Crippen LogP contribution in [0.1, 0.15) is 45.0 Å². The number of rotatable bonds is 4. The summed E-state index contributed by atoms with van der Waals surface area (Å²) >= 11 is 0. The van der Waals surface area contributed by atoms with Crippen LogP contribution in [0, 0.1) is 0 Å². The lowest BCUT2D eigenvalue weighted by molar-refractivity contribution is 0.439. The van der Waals surface area contributed by atoms with Crippen molar-refractivity contribution in [3.63, 3.8) is 0 Å². The molecule has 1 spiro atoms. The van der Waals surface area contributed by atoms with Gasteiger partial charge in [0.1, 0.15) is 17.3 Å². The zero-order chi connectivity index (χ0) is 41.9. The minimum Gasteiger partial charge on any atom is -0.456 e. The molecule has 3 aliphatic rings. The summed E-state index contributed by atoms with van der Waals surface area (Å²) < 4.78 is 12.2. The molecule has 2 aromatic heterocycles. The van der Waals surface area contributed by atoms with Crippen molar-refractivity contribution in [3.05, 3.63) is 257 Å². The van der Waals surface area contributed by atoms with E-state index >= 15 is 0 Å². The van der Waals surface area contributed by atoms with Crippen molar-refractivity contribution >= 4 is 55.1 Å². The first-order chi connectivity index (χ1) is 31.8. The van der Waals surface area contributed by atoms with E-state index in [0.717, 1.165) is 72.8 Å². The molecule has 14 rings (SSSR count). The number of hydrogen-bond donors (Lipinski definition) is 1. The van der Waals surface area contributed by atoms with Gasteiger partial charge in [0.05, 0.1) is 50.3 Å². The van der Waals surface area contributed by atoms with Crippen LogP contribution in [-0.4, -0.2) is 15.0 Å². The van der Waals surface area contributed by atoms with E-state index in [-0.39, 0.29) is 6.04 Å². The Morgan fingerprint density at radius 1 is 0.469 bits per heavy atom. The summed E-state index contributed by atoms with van der Waals surface area (Å²) in [5, 5.41) is 8.45. The second-order valence-corrected chi connectivity index (χ2v) is 17.1. The maximum Gasteiger partial charge on any atom is 0.142 e. The highest BCUT2D eigenvalue weighted by Crippen LogP contribution is 2.62. The summed E-state index contributed by atoms with van der Waals surface area (Å²) in [6.07, 6.45) is 2.23. The highest BCUT2D eigenvalue weighted by Gasteiger charge is 2.51. The molecule has 5 nitrogen and oxygen atoms in total. The highest BCUT2D eigenvalue weighted by atomic mass is 16.5. The topological polar surface area (TPSA) is 43.5 Å². The van der Waals surface area contributed by atoms with Crippen molar-refractivity contribution in [2.45, 2.75) is 11.5 Å². The Morgan fingerprint density at radius 2 is 1.12 bits per heavy atom. The molecule has 0 aliphatic carbocycles. The molecule has 0 saturated carbocycles. The van der Waals surface area contributed by atoms with E-state index in [1.165, 1.54) is 44.2 Å². The Hall–Kier alpha value is -8.41. The Labute approximate surface area is 369 Å². The van der Waals surface area contributed by atoms with Crippen molar-refractivity contribution in [2.75, 3.05) is 0 Å². The van der Waals surface area contributed by atoms with Crippen LogP contribution in [0.2, 0.25) is 0 Å². The predicted octanol–water partition coefficient (Wildman–Crippen LogP) is 13.8. The smallest absolute Gasteiger partial charge is 0.142 e. The molecular weight excluding hydrogens is 781 g/mol. The molecule has 5 heterocycles. The Balaban J connectivity index is 0.984. The van der Waals surface area contributed by atoms with Gasteiger partial charge in [0.2, 0.25) is 0 Å². The van der Waals surface area contributed by atoms with Crippen LogP contribution in [0.25, 0.3) is 60.7 Å². The summed E-state index contributed by atoms with van der Waals surface area (Å²) in [5.41, 5.74) is 15.3. The fourth-order valence-corrected chi connectivity index (χ4v) is 11.2. The predicted molar refractivity (Wildman–Crippen MR) is 260 cm³/mol. The molecule has 0 bridgehead atoms. The number of aromatic nitrogens is 2. The second kappa shape index (κ2) is 13.3. The van der Waals surface area contributed by atoms with E-state index in [4.69, 9.17) is 9.73 Å². The van der Waals surface area contributed by atoms with Gasteiger partial charge in [-0.05, 0) is 65.2 Å². The molecule has 0 amide bonds. The monoisotopic (exact) mass is 818 g/mol. The van der Waals surface area contributed by atoms with Crippen molar-refractivity contribution in [2.24, 2.45) is 4.99 Å². The number of para-hydroxylation sites is 5. The van der Waals surface area contributed by atoms with Gasteiger partial charge in [0.25, 0.3) is 0 Å². The van der Waals surface area contributed by atoms with Gasteiger partial charge < -0.3 is 19.2 Å². The first-order valence-electron chi connectivity index (χ1n) is 22.0. The average molecular weight is 819 g/mol. The lowest BCUT2D eigenvalue weighted by Gasteiger charge is -2.45. The van der Waals surface area contributed by atoms with Crippen molar-refractivity contribution in [1.82, 2.24) is 14.5 Å². The Morgan fingerprint density at radius 3 is 1.95 bits per heavy atom. The van der Waals surface area contributed by atoms with Gasteiger partial charge in [-0.1, -0.05) is 170 Å². The van der Waals surface area contributed by atoms with Crippen LogP contribution in [0.15, 0.2) is 223 Å². The van der Waals surface area contributed by atoms with Gasteiger partial charge in [0.15, 0.2) is 0 Å². The van der Waals surface area contributed by atoms with E-state index in [1.807, 2.05) is 6.07 Å². The standard InChI is InChI=1S/C59H38N4O/c1-3-16-37(17-4-1)48-36-49(61-58(60-48)39-18-5-2-6-19-39)38-30-32-40(33-31-38)62-51-27-12-8-21-43(51)55-53(62)35-34-47-57(55)64-54-29-14-10-24-45(54)59(47)44-23-9-13-28-52(44)63-50-26-11-7-20-41(50)42-22-15-25-46(59)56(42)63/h1-36,48H,(H,60,61). The second-order valence-electron chi connectivity index (χ2n) is 17.1. The van der Waals surface area contributed by atoms with Crippen LogP contribution < -0.4 is 10.1 Å². The van der Waals surface area contributed by atoms with Gasteiger partial charge in [-0.2, -0.15) is 0 Å². The summed E-state index contributed by atoms with van der Waals surface area (Å²) in [7, 11) is 0. The molecule has 2 atom stereocenters. The third-order valence-corrected chi connectivity index (χ3v) is 13.8. The first-order valence-corrected chi connectivity index (χ1v) is 22.0. The third kappa shape index (κ3) is 4.75. The zero-order valence-electron chi connectivity index (χ0n) is 34.6. The molecule has 0 fully saturated rings. The molecule has 9 aromatic carbocycles. The van der Waals surface area contributed by atoms with Gasteiger partial charge >= 0.3 is 0 Å². The lowest BCUT2D eigenvalue weighted by atomic mass is 9.61. The minimum absolute atomic E-state index is 0.0213. The number of ether oxygens (including phenoxy) is 1. The number of hydrogen-bond acceptors (Lipinski definition) is 3. The number of nitrogens with zero attached hydrogens (tertiary/aromatic N) is 3. The largest absolute Gasteiger partial charge is 0.456 e. The Kier molecular flexibility index (Phi) is 7.32. The molecule has 2 unspecified atom stereocenters. The third-order valence-electron chi connectivity index (χ3n) is 13.8. The van der Waals surface area contributed by atoms with Crippen LogP contribution in [0.5, 0.6) is 11.5 Å². The maximum atomic E-state index is 7.28. The Bertz CT molecular complexity index is 3780. The highest BCUT2D eigenvalue weighted by molar-refractivity contribution is 6.15. The van der Waals surface area contributed by atoms with Crippen molar-refractivity contribution < 1.29 is 4.74 Å². The van der Waals surface area contributed by atoms with Crippen LogP contribution >= 0.6 is 0 Å². The summed E-state index contributed by atoms with van der Waals surface area (Å²) in [6, 6.07) is 76.6. The maximum absolute atomic E-state index is 7.28. The number of fused-ring (bicyclic) bond motifs is 15. The molecular formula is C59H38N4O. The first kappa shape index (κ1) is 35.2. The van der Waals surface area contributed by atoms with Crippen LogP contribution in [0.4, 0.5) is 0 Å². The van der Waals surface area contributed by atoms with Gasteiger partial charge in [-0.15, -0.1) is 0 Å². The summed E-state index contributed by atoms with van der Waals surface area (Å²) in [5.74, 6) is 2.63. The molecule has 3 aliphatic heterocycles. The average Bonchev–Trinajstić information content (AvgIpc) is 3.90. The van der Waals surface area contributed by atoms with Crippen LogP contribution in [0.3, 0.4) is 0 Å². The van der Waals surface area contributed by atoms with E-state index in [2.05, 4.69) is 227 Å². The number of aliphatic imine (C=N–C) groups is 1. The van der Waals surface area contributed by atoms with Gasteiger partial charge in [0, 0.05) is 44.1 Å². The van der Waals surface area contributed by atoms with Crippen molar-refractivity contribution in [1.29, 1.82) is 0 Å². The van der Waals surface area contributed by atoms with E-state index < -0.39 is 5.41 Å². The molecule has 0 radical (unpaired) electrons.